The number of aromatic amines is 1. The van der Waals surface area contributed by atoms with Crippen LogP contribution >= 0.6 is 12.6 Å². The highest BCUT2D eigenvalue weighted by Crippen LogP contribution is 2.03. The highest BCUT2D eigenvalue weighted by Gasteiger charge is 2.29. The summed E-state index contributed by atoms with van der Waals surface area (Å²) in [6.45, 7) is 1.45. The Balaban J connectivity index is 2.86. The van der Waals surface area contributed by atoms with Gasteiger partial charge in [-0.1, -0.05) is 0 Å². The van der Waals surface area contributed by atoms with Gasteiger partial charge in [-0.25, -0.2) is 9.78 Å². The topological polar surface area (TPSA) is 222 Å². The zero-order chi connectivity index (χ0) is 23.6. The molecule has 31 heavy (non-hydrogen) atoms. The van der Waals surface area contributed by atoms with Gasteiger partial charge in [0.05, 0.1) is 12.4 Å². The first-order valence-corrected chi connectivity index (χ1v) is 9.94. The molecule has 0 radical (unpaired) electrons. The van der Waals surface area contributed by atoms with E-state index in [0.29, 0.717) is 5.69 Å². The van der Waals surface area contributed by atoms with Crippen molar-refractivity contribution in [2.24, 2.45) is 11.5 Å². The summed E-state index contributed by atoms with van der Waals surface area (Å²) in [5.74, 6) is -4.34. The molecule has 0 saturated carbocycles. The van der Waals surface area contributed by atoms with Gasteiger partial charge in [-0.2, -0.15) is 12.6 Å². The van der Waals surface area contributed by atoms with E-state index in [1.165, 1.54) is 19.4 Å². The first-order valence-electron chi connectivity index (χ1n) is 9.31. The number of carboxylic acid groups (broad SMARTS) is 1. The Hall–Kier alpha value is -3.13. The lowest BCUT2D eigenvalue weighted by Gasteiger charge is -2.24. The van der Waals surface area contributed by atoms with Crippen LogP contribution in [0.15, 0.2) is 12.5 Å². The number of carbonyl (C=O) groups is 5. The summed E-state index contributed by atoms with van der Waals surface area (Å²) in [6.07, 6.45) is 2.46. The summed E-state index contributed by atoms with van der Waals surface area (Å²) in [7, 11) is 0. The molecule has 0 bridgehead atoms. The average Bonchev–Trinajstić information content (AvgIpc) is 3.20. The van der Waals surface area contributed by atoms with Crippen molar-refractivity contribution in [3.05, 3.63) is 18.2 Å². The molecule has 1 aromatic heterocycles. The number of imidazole rings is 1. The highest BCUT2D eigenvalue weighted by molar-refractivity contribution is 7.80. The van der Waals surface area contributed by atoms with Gasteiger partial charge in [0.15, 0.2) is 0 Å². The minimum absolute atomic E-state index is 0.0432. The summed E-state index contributed by atoms with van der Waals surface area (Å²) in [5.41, 5.74) is 11.1. The van der Waals surface area contributed by atoms with Crippen molar-refractivity contribution < 1.29 is 29.1 Å². The zero-order valence-corrected chi connectivity index (χ0v) is 17.7. The SMILES string of the molecule is CC(N)C(=O)NC(Cc1cnc[nH]1)C(=O)NC(CS)C(=O)NC(CCC(N)=O)C(=O)O. The quantitative estimate of drug-likeness (QED) is 0.142. The van der Waals surface area contributed by atoms with Crippen LogP contribution in [-0.4, -0.2) is 74.6 Å². The lowest BCUT2D eigenvalue weighted by molar-refractivity contribution is -0.142. The van der Waals surface area contributed by atoms with Gasteiger partial charge < -0.3 is 37.5 Å². The molecule has 0 aliphatic carbocycles. The van der Waals surface area contributed by atoms with Gasteiger partial charge in [0.2, 0.25) is 23.6 Å². The molecule has 14 heteroatoms. The Morgan fingerprint density at radius 2 is 1.68 bits per heavy atom. The van der Waals surface area contributed by atoms with Gasteiger partial charge in [-0.15, -0.1) is 0 Å². The molecule has 0 aliphatic rings. The van der Waals surface area contributed by atoms with E-state index in [2.05, 4.69) is 38.5 Å². The fourth-order valence-electron chi connectivity index (χ4n) is 2.41. The van der Waals surface area contributed by atoms with E-state index in [-0.39, 0.29) is 25.0 Å². The summed E-state index contributed by atoms with van der Waals surface area (Å²) >= 11 is 4.03. The maximum Gasteiger partial charge on any atom is 0.326 e. The van der Waals surface area contributed by atoms with Crippen LogP contribution in [0.2, 0.25) is 0 Å². The molecule has 9 N–H and O–H groups in total. The average molecular weight is 458 g/mol. The van der Waals surface area contributed by atoms with E-state index in [4.69, 9.17) is 11.5 Å². The Morgan fingerprint density at radius 3 is 2.16 bits per heavy atom. The van der Waals surface area contributed by atoms with E-state index in [1.54, 1.807) is 0 Å². The van der Waals surface area contributed by atoms with Crippen molar-refractivity contribution in [3.63, 3.8) is 0 Å². The maximum absolute atomic E-state index is 12.7. The van der Waals surface area contributed by atoms with Gasteiger partial charge >= 0.3 is 5.97 Å². The first kappa shape index (κ1) is 25.9. The van der Waals surface area contributed by atoms with Crippen molar-refractivity contribution in [1.82, 2.24) is 25.9 Å². The number of aromatic nitrogens is 2. The minimum Gasteiger partial charge on any atom is -0.480 e. The predicted molar refractivity (Wildman–Crippen MR) is 112 cm³/mol. The summed E-state index contributed by atoms with van der Waals surface area (Å²) in [5, 5.41) is 16.4. The van der Waals surface area contributed by atoms with E-state index in [0.717, 1.165) is 0 Å². The van der Waals surface area contributed by atoms with E-state index in [9.17, 15) is 29.1 Å². The molecule has 0 spiro atoms. The lowest BCUT2D eigenvalue weighted by atomic mass is 10.1. The Labute approximate surface area is 183 Å². The number of carbonyl (C=O) groups excluding carboxylic acids is 4. The van der Waals surface area contributed by atoms with Crippen molar-refractivity contribution in [2.75, 3.05) is 5.75 Å². The second-order valence-electron chi connectivity index (χ2n) is 6.78. The van der Waals surface area contributed by atoms with E-state index >= 15 is 0 Å². The number of nitrogens with one attached hydrogen (secondary N) is 4. The van der Waals surface area contributed by atoms with Crippen molar-refractivity contribution >= 4 is 42.2 Å². The van der Waals surface area contributed by atoms with Gasteiger partial charge in [0.1, 0.15) is 18.1 Å². The molecular weight excluding hydrogens is 430 g/mol. The first-order chi connectivity index (χ1) is 14.5. The maximum atomic E-state index is 12.7. The number of amides is 4. The number of carboxylic acids is 1. The summed E-state index contributed by atoms with van der Waals surface area (Å²) in [4.78, 5) is 66.0. The van der Waals surface area contributed by atoms with Gasteiger partial charge in [-0.3, -0.25) is 19.2 Å². The molecule has 0 aliphatic heterocycles. The third-order valence-electron chi connectivity index (χ3n) is 4.13. The Morgan fingerprint density at radius 1 is 1.10 bits per heavy atom. The fraction of sp³-hybridized carbons (Fsp3) is 0.529. The second-order valence-corrected chi connectivity index (χ2v) is 7.14. The smallest absolute Gasteiger partial charge is 0.326 e. The molecule has 0 saturated heterocycles. The highest BCUT2D eigenvalue weighted by atomic mass is 32.1. The molecule has 1 rings (SSSR count). The van der Waals surface area contributed by atoms with Gasteiger partial charge in [-0.05, 0) is 13.3 Å². The van der Waals surface area contributed by atoms with Crippen LogP contribution in [0.25, 0.3) is 0 Å². The monoisotopic (exact) mass is 457 g/mol. The van der Waals surface area contributed by atoms with Crippen molar-refractivity contribution in [2.45, 2.75) is 50.4 Å². The largest absolute Gasteiger partial charge is 0.480 e. The van der Waals surface area contributed by atoms with Crippen LogP contribution in [0.3, 0.4) is 0 Å². The zero-order valence-electron chi connectivity index (χ0n) is 16.8. The number of H-pyrrole nitrogens is 1. The van der Waals surface area contributed by atoms with Crippen LogP contribution in [0.1, 0.15) is 25.5 Å². The number of nitrogens with two attached hydrogens (primary N) is 2. The normalized spacial score (nSPS) is 14.5. The number of rotatable bonds is 13. The van der Waals surface area contributed by atoms with Crippen LogP contribution in [0, 0.1) is 0 Å². The number of hydrogen-bond donors (Lipinski definition) is 8. The van der Waals surface area contributed by atoms with Crippen LogP contribution in [0.4, 0.5) is 0 Å². The molecule has 4 unspecified atom stereocenters. The van der Waals surface area contributed by atoms with E-state index < -0.39 is 53.8 Å². The number of primary amides is 1. The van der Waals surface area contributed by atoms with Gasteiger partial charge in [0.25, 0.3) is 0 Å². The third kappa shape index (κ3) is 9.04. The summed E-state index contributed by atoms with van der Waals surface area (Å²) in [6, 6.07) is -4.54. The van der Waals surface area contributed by atoms with Crippen molar-refractivity contribution in [3.8, 4) is 0 Å². The molecule has 4 amide bonds. The van der Waals surface area contributed by atoms with Crippen LogP contribution in [-0.2, 0) is 30.4 Å². The van der Waals surface area contributed by atoms with Gasteiger partial charge in [0, 0.05) is 30.5 Å². The molecule has 172 valence electrons. The molecule has 0 fully saturated rings. The number of nitrogens with zero attached hydrogens (tertiary/aromatic N) is 1. The van der Waals surface area contributed by atoms with E-state index in [1.807, 2.05) is 0 Å². The standard InChI is InChI=1S/C17H27N7O6S/c1-8(18)14(26)23-11(4-9-5-20-7-21-9)15(27)24-12(6-31)16(28)22-10(17(29)30)2-3-13(19)25/h5,7-8,10-12,31H,2-4,6,18H2,1H3,(H2,19,25)(H,20,21)(H,22,28)(H,23,26)(H,24,27)(H,29,30). The Kier molecular flexibility index (Phi) is 10.5. The van der Waals surface area contributed by atoms with Crippen LogP contribution in [0.5, 0.6) is 0 Å². The number of hydrogen-bond acceptors (Lipinski definition) is 8. The lowest BCUT2D eigenvalue weighted by Crippen LogP contribution is -2.58. The molecule has 13 nitrogen and oxygen atoms in total. The fourth-order valence-corrected chi connectivity index (χ4v) is 2.67. The number of aliphatic carboxylic acids is 1. The molecular formula is C17H27N7O6S. The van der Waals surface area contributed by atoms with Crippen LogP contribution < -0.4 is 27.4 Å². The molecule has 1 aromatic rings. The summed E-state index contributed by atoms with van der Waals surface area (Å²) < 4.78 is 0. The van der Waals surface area contributed by atoms with Crippen molar-refractivity contribution in [1.29, 1.82) is 0 Å². The molecule has 0 aromatic carbocycles. The minimum atomic E-state index is -1.38. The third-order valence-corrected chi connectivity index (χ3v) is 4.50. The second kappa shape index (κ2) is 12.5. The molecule has 1 heterocycles. The Bertz CT molecular complexity index is 786. The molecule has 4 atom stereocenters. The predicted octanol–water partition coefficient (Wildman–Crippen LogP) is -2.97. The number of thiol groups is 1.